The Morgan fingerprint density at radius 2 is 2.08 bits per heavy atom. The Morgan fingerprint density at radius 1 is 1.27 bits per heavy atom. The first-order valence-electron chi connectivity index (χ1n) is 9.06. The number of nitrogens with zero attached hydrogens (tertiary/aromatic N) is 4. The minimum atomic E-state index is -0.417. The smallest absolute Gasteiger partial charge is 0.225 e. The van der Waals surface area contributed by atoms with Crippen LogP contribution in [0.4, 0.5) is 10.3 Å². The van der Waals surface area contributed by atoms with Crippen molar-refractivity contribution in [3.63, 3.8) is 0 Å². The number of ether oxygens (including phenoxy) is 2. The lowest BCUT2D eigenvalue weighted by Gasteiger charge is -2.50. The molecule has 7 heteroatoms. The van der Waals surface area contributed by atoms with Gasteiger partial charge in [-0.2, -0.15) is 0 Å². The van der Waals surface area contributed by atoms with Gasteiger partial charge in [0.05, 0.1) is 31.7 Å². The van der Waals surface area contributed by atoms with E-state index in [9.17, 15) is 4.39 Å². The van der Waals surface area contributed by atoms with E-state index in [1.165, 1.54) is 12.4 Å². The van der Waals surface area contributed by atoms with E-state index in [4.69, 9.17) is 9.47 Å². The molecule has 0 unspecified atom stereocenters. The van der Waals surface area contributed by atoms with Crippen molar-refractivity contribution in [3.05, 3.63) is 48.3 Å². The van der Waals surface area contributed by atoms with Crippen molar-refractivity contribution in [2.45, 2.75) is 32.0 Å². The molecule has 0 aliphatic carbocycles. The number of aromatic nitrogens is 3. The summed E-state index contributed by atoms with van der Waals surface area (Å²) in [5, 5.41) is 0. The van der Waals surface area contributed by atoms with E-state index in [1.807, 2.05) is 12.1 Å². The van der Waals surface area contributed by atoms with Crippen LogP contribution in [0, 0.1) is 11.2 Å². The molecule has 2 fully saturated rings. The Bertz CT molecular complexity index is 715. The van der Waals surface area contributed by atoms with Gasteiger partial charge < -0.3 is 14.4 Å². The average Bonchev–Trinajstić information content (AvgIpc) is 2.69. The van der Waals surface area contributed by atoms with Gasteiger partial charge in [0, 0.05) is 37.5 Å². The predicted molar refractivity (Wildman–Crippen MR) is 94.1 cm³/mol. The van der Waals surface area contributed by atoms with Crippen LogP contribution in [0.2, 0.25) is 0 Å². The second kappa shape index (κ2) is 7.63. The molecule has 0 bridgehead atoms. The van der Waals surface area contributed by atoms with Crippen molar-refractivity contribution in [3.8, 4) is 0 Å². The SMILES string of the molecule is Fc1cnc(N2CC[C@H]3OCCC[C@]3(COCc3ccncc3)C2)nc1. The van der Waals surface area contributed by atoms with Gasteiger partial charge in [0.15, 0.2) is 5.82 Å². The third-order valence-electron chi connectivity index (χ3n) is 5.29. The van der Waals surface area contributed by atoms with Crippen molar-refractivity contribution < 1.29 is 13.9 Å². The van der Waals surface area contributed by atoms with Crippen LogP contribution >= 0.6 is 0 Å². The first kappa shape index (κ1) is 17.3. The molecule has 0 amide bonds. The van der Waals surface area contributed by atoms with Gasteiger partial charge in [-0.3, -0.25) is 4.98 Å². The van der Waals surface area contributed by atoms with Crippen molar-refractivity contribution in [2.75, 3.05) is 31.2 Å². The fourth-order valence-electron chi connectivity index (χ4n) is 3.99. The molecule has 26 heavy (non-hydrogen) atoms. The van der Waals surface area contributed by atoms with Gasteiger partial charge in [0.25, 0.3) is 0 Å². The topological polar surface area (TPSA) is 60.4 Å². The van der Waals surface area contributed by atoms with Crippen molar-refractivity contribution in [2.24, 2.45) is 5.41 Å². The molecule has 2 saturated heterocycles. The first-order valence-corrected chi connectivity index (χ1v) is 9.06. The number of halogens is 1. The van der Waals surface area contributed by atoms with Gasteiger partial charge in [-0.05, 0) is 37.0 Å². The van der Waals surface area contributed by atoms with Gasteiger partial charge in [0.2, 0.25) is 5.95 Å². The van der Waals surface area contributed by atoms with E-state index in [-0.39, 0.29) is 11.5 Å². The number of hydrogen-bond acceptors (Lipinski definition) is 6. The molecule has 2 aliphatic heterocycles. The number of piperidine rings is 1. The fraction of sp³-hybridized carbons (Fsp3) is 0.526. The zero-order valence-corrected chi connectivity index (χ0v) is 14.7. The maximum Gasteiger partial charge on any atom is 0.225 e. The molecule has 0 aromatic carbocycles. The third-order valence-corrected chi connectivity index (χ3v) is 5.29. The fourth-order valence-corrected chi connectivity index (χ4v) is 3.99. The molecule has 4 heterocycles. The van der Waals surface area contributed by atoms with E-state index < -0.39 is 5.82 Å². The van der Waals surface area contributed by atoms with Crippen molar-refractivity contribution >= 4 is 5.95 Å². The Balaban J connectivity index is 1.46. The number of pyridine rings is 1. The molecule has 2 aromatic heterocycles. The van der Waals surface area contributed by atoms with Crippen molar-refractivity contribution in [1.82, 2.24) is 15.0 Å². The summed E-state index contributed by atoms with van der Waals surface area (Å²) in [4.78, 5) is 14.5. The second-order valence-electron chi connectivity index (χ2n) is 7.09. The highest BCUT2D eigenvalue weighted by atomic mass is 19.1. The molecule has 2 aliphatic rings. The summed E-state index contributed by atoms with van der Waals surface area (Å²) in [7, 11) is 0. The van der Waals surface area contributed by atoms with Crippen molar-refractivity contribution in [1.29, 1.82) is 0 Å². The van der Waals surface area contributed by atoms with Gasteiger partial charge in [-0.15, -0.1) is 0 Å². The molecular weight excluding hydrogens is 335 g/mol. The van der Waals surface area contributed by atoms with Gasteiger partial charge >= 0.3 is 0 Å². The highest BCUT2D eigenvalue weighted by Crippen LogP contribution is 2.41. The summed E-state index contributed by atoms with van der Waals surface area (Å²) in [6.45, 7) is 3.56. The van der Waals surface area contributed by atoms with Crippen LogP contribution in [0.15, 0.2) is 36.9 Å². The second-order valence-corrected chi connectivity index (χ2v) is 7.09. The van der Waals surface area contributed by atoms with E-state index in [1.54, 1.807) is 12.4 Å². The number of hydrogen-bond donors (Lipinski definition) is 0. The maximum absolute atomic E-state index is 13.1. The maximum atomic E-state index is 13.1. The molecule has 2 atom stereocenters. The monoisotopic (exact) mass is 358 g/mol. The Kier molecular flexibility index (Phi) is 5.08. The third kappa shape index (κ3) is 3.68. The number of rotatable bonds is 5. The van der Waals surface area contributed by atoms with E-state index in [0.717, 1.165) is 44.5 Å². The minimum absolute atomic E-state index is 0.0821. The highest BCUT2D eigenvalue weighted by Gasteiger charge is 2.46. The van der Waals surface area contributed by atoms with Crippen LogP contribution in [0.3, 0.4) is 0 Å². The van der Waals surface area contributed by atoms with E-state index in [2.05, 4.69) is 19.9 Å². The molecular formula is C19H23FN4O2. The van der Waals surface area contributed by atoms with Crippen LogP contribution in [-0.2, 0) is 16.1 Å². The summed E-state index contributed by atoms with van der Waals surface area (Å²) in [5.41, 5.74) is 1.03. The van der Waals surface area contributed by atoms with Crippen LogP contribution < -0.4 is 4.90 Å². The van der Waals surface area contributed by atoms with E-state index in [0.29, 0.717) is 19.2 Å². The predicted octanol–water partition coefficient (Wildman–Crippen LogP) is 2.60. The Labute approximate surface area is 152 Å². The zero-order valence-electron chi connectivity index (χ0n) is 14.7. The van der Waals surface area contributed by atoms with Crippen LogP contribution in [-0.4, -0.2) is 47.4 Å². The summed E-state index contributed by atoms with van der Waals surface area (Å²) < 4.78 is 25.3. The largest absolute Gasteiger partial charge is 0.377 e. The molecule has 138 valence electrons. The Hall–Kier alpha value is -2.12. The first-order chi connectivity index (χ1) is 12.8. The lowest BCUT2D eigenvalue weighted by atomic mass is 9.73. The summed E-state index contributed by atoms with van der Waals surface area (Å²) in [6.07, 6.45) is 9.15. The number of anilines is 1. The molecule has 0 radical (unpaired) electrons. The number of fused-ring (bicyclic) bond motifs is 1. The molecule has 2 aromatic rings. The molecule has 6 nitrogen and oxygen atoms in total. The van der Waals surface area contributed by atoms with Crippen LogP contribution in [0.5, 0.6) is 0 Å². The molecule has 0 saturated carbocycles. The lowest BCUT2D eigenvalue weighted by molar-refractivity contribution is -0.127. The summed E-state index contributed by atoms with van der Waals surface area (Å²) >= 11 is 0. The standard InChI is InChI=1S/C19H23FN4O2/c20-16-10-22-18(23-11-16)24-8-4-17-19(13-24,5-1-9-26-17)14-25-12-15-2-6-21-7-3-15/h2-3,6-7,10-11,17H,1,4-5,8-9,12-14H2/t17-,19-/m1/s1. The van der Waals surface area contributed by atoms with Crippen LogP contribution in [0.25, 0.3) is 0 Å². The quantitative estimate of drug-likeness (QED) is 0.819. The summed E-state index contributed by atoms with van der Waals surface area (Å²) in [6, 6.07) is 3.93. The average molecular weight is 358 g/mol. The van der Waals surface area contributed by atoms with E-state index >= 15 is 0 Å². The highest BCUT2D eigenvalue weighted by molar-refractivity contribution is 5.31. The van der Waals surface area contributed by atoms with Crippen LogP contribution in [0.1, 0.15) is 24.8 Å². The minimum Gasteiger partial charge on any atom is -0.377 e. The normalized spacial score (nSPS) is 25.7. The Morgan fingerprint density at radius 3 is 2.88 bits per heavy atom. The molecule has 4 rings (SSSR count). The van der Waals surface area contributed by atoms with Gasteiger partial charge in [-0.25, -0.2) is 14.4 Å². The molecule has 0 spiro atoms. The summed E-state index contributed by atoms with van der Waals surface area (Å²) in [5.74, 6) is 0.156. The zero-order chi connectivity index (χ0) is 17.8. The van der Waals surface area contributed by atoms with Gasteiger partial charge in [0.1, 0.15) is 0 Å². The van der Waals surface area contributed by atoms with Gasteiger partial charge in [-0.1, -0.05) is 0 Å². The lowest BCUT2D eigenvalue weighted by Crippen LogP contribution is -2.57. The molecule has 0 N–H and O–H groups in total.